The number of rotatable bonds is 7. The van der Waals surface area contributed by atoms with Gasteiger partial charge in [0.15, 0.2) is 0 Å². The molecule has 0 fully saturated rings. The highest BCUT2D eigenvalue weighted by Gasteiger charge is 2.15. The quantitative estimate of drug-likeness (QED) is 0.341. The van der Waals surface area contributed by atoms with Gasteiger partial charge in [0.2, 0.25) is 0 Å². The Bertz CT molecular complexity index is 1090. The fourth-order valence-corrected chi connectivity index (χ4v) is 3.46. The molecule has 1 heterocycles. The molecule has 5 heteroatoms. The van der Waals surface area contributed by atoms with Crippen molar-refractivity contribution in [3.05, 3.63) is 83.6 Å². The molecule has 0 radical (unpaired) electrons. The first-order chi connectivity index (χ1) is 13.7. The van der Waals surface area contributed by atoms with Gasteiger partial charge in [-0.1, -0.05) is 48.0 Å². The first kappa shape index (κ1) is 18.5. The van der Waals surface area contributed by atoms with Crippen LogP contribution in [0.3, 0.4) is 0 Å². The summed E-state index contributed by atoms with van der Waals surface area (Å²) in [5, 5.41) is 0.616. The SMILES string of the molecule is Fc1ccccc1-c1nc2ccccc2n1CCCCOc1ccccc1Cl. The lowest BCUT2D eigenvalue weighted by atomic mass is 10.2. The second kappa shape index (κ2) is 8.44. The van der Waals surface area contributed by atoms with Crippen molar-refractivity contribution in [2.45, 2.75) is 19.4 Å². The summed E-state index contributed by atoms with van der Waals surface area (Å²) >= 11 is 6.11. The van der Waals surface area contributed by atoms with Gasteiger partial charge in [0.25, 0.3) is 0 Å². The van der Waals surface area contributed by atoms with E-state index in [1.165, 1.54) is 6.07 Å². The van der Waals surface area contributed by atoms with Crippen LogP contribution in [-0.2, 0) is 6.54 Å². The molecule has 0 N–H and O–H groups in total. The van der Waals surface area contributed by atoms with E-state index in [4.69, 9.17) is 16.3 Å². The number of fused-ring (bicyclic) bond motifs is 1. The third-order valence-electron chi connectivity index (χ3n) is 4.64. The van der Waals surface area contributed by atoms with Crippen LogP contribution in [-0.4, -0.2) is 16.2 Å². The molecule has 0 unspecified atom stereocenters. The molecule has 0 saturated carbocycles. The normalized spacial score (nSPS) is 11.1. The Morgan fingerprint density at radius 2 is 1.64 bits per heavy atom. The van der Waals surface area contributed by atoms with Crippen LogP contribution in [0.25, 0.3) is 22.4 Å². The highest BCUT2D eigenvalue weighted by molar-refractivity contribution is 6.32. The van der Waals surface area contributed by atoms with E-state index in [1.54, 1.807) is 12.1 Å². The summed E-state index contributed by atoms with van der Waals surface area (Å²) in [6.45, 7) is 1.31. The van der Waals surface area contributed by atoms with Crippen LogP contribution in [0.1, 0.15) is 12.8 Å². The van der Waals surface area contributed by atoms with Crippen molar-refractivity contribution in [2.24, 2.45) is 0 Å². The Hall–Kier alpha value is -2.85. The fourth-order valence-electron chi connectivity index (χ4n) is 3.27. The molecule has 4 rings (SSSR count). The Morgan fingerprint density at radius 1 is 0.893 bits per heavy atom. The predicted octanol–water partition coefficient (Wildman–Crippen LogP) is 6.36. The molecule has 0 aliphatic carbocycles. The van der Waals surface area contributed by atoms with Gasteiger partial charge in [-0.3, -0.25) is 0 Å². The summed E-state index contributed by atoms with van der Waals surface area (Å²) in [5.41, 5.74) is 2.40. The van der Waals surface area contributed by atoms with Gasteiger partial charge in [0.05, 0.1) is 28.2 Å². The Kier molecular flexibility index (Phi) is 5.58. The Balaban J connectivity index is 1.49. The van der Waals surface area contributed by atoms with E-state index < -0.39 is 0 Å². The highest BCUT2D eigenvalue weighted by Crippen LogP contribution is 2.27. The van der Waals surface area contributed by atoms with Gasteiger partial charge < -0.3 is 9.30 Å². The summed E-state index contributed by atoms with van der Waals surface area (Å²) in [4.78, 5) is 4.68. The molecule has 3 aromatic carbocycles. The lowest BCUT2D eigenvalue weighted by Gasteiger charge is -2.11. The number of benzene rings is 3. The lowest BCUT2D eigenvalue weighted by Crippen LogP contribution is -2.04. The van der Waals surface area contributed by atoms with Gasteiger partial charge in [0.1, 0.15) is 17.4 Å². The topological polar surface area (TPSA) is 27.1 Å². The molecule has 28 heavy (non-hydrogen) atoms. The molecule has 3 nitrogen and oxygen atoms in total. The van der Waals surface area contributed by atoms with E-state index in [2.05, 4.69) is 9.55 Å². The summed E-state index contributed by atoms with van der Waals surface area (Å²) in [6.07, 6.45) is 1.74. The van der Waals surface area contributed by atoms with E-state index in [9.17, 15) is 4.39 Å². The number of hydrogen-bond acceptors (Lipinski definition) is 2. The number of nitrogens with zero attached hydrogens (tertiary/aromatic N) is 2. The third-order valence-corrected chi connectivity index (χ3v) is 4.95. The summed E-state index contributed by atoms with van der Waals surface area (Å²) < 4.78 is 22.2. The zero-order chi connectivity index (χ0) is 19.3. The molecule has 1 aromatic heterocycles. The molecule has 0 aliphatic rings. The van der Waals surface area contributed by atoms with Crippen LogP contribution >= 0.6 is 11.6 Å². The molecular weight excluding hydrogens is 375 g/mol. The zero-order valence-electron chi connectivity index (χ0n) is 15.3. The lowest BCUT2D eigenvalue weighted by molar-refractivity contribution is 0.304. The van der Waals surface area contributed by atoms with Gasteiger partial charge in [-0.2, -0.15) is 0 Å². The molecule has 0 saturated heterocycles. The summed E-state index contributed by atoms with van der Waals surface area (Å²) in [5.74, 6) is 1.09. The van der Waals surface area contributed by atoms with E-state index in [1.807, 2.05) is 54.6 Å². The molecule has 0 spiro atoms. The predicted molar refractivity (Wildman–Crippen MR) is 111 cm³/mol. The van der Waals surface area contributed by atoms with E-state index in [0.717, 1.165) is 30.4 Å². The first-order valence-electron chi connectivity index (χ1n) is 9.31. The van der Waals surface area contributed by atoms with Crippen molar-refractivity contribution in [1.29, 1.82) is 0 Å². The van der Waals surface area contributed by atoms with Crippen molar-refractivity contribution in [2.75, 3.05) is 6.61 Å². The first-order valence-corrected chi connectivity index (χ1v) is 9.69. The van der Waals surface area contributed by atoms with Crippen LogP contribution < -0.4 is 4.74 Å². The summed E-state index contributed by atoms with van der Waals surface area (Å²) in [6, 6.07) is 22.1. The Morgan fingerprint density at radius 3 is 2.50 bits per heavy atom. The number of ether oxygens (including phenoxy) is 1. The van der Waals surface area contributed by atoms with Gasteiger partial charge >= 0.3 is 0 Å². The maximum atomic E-state index is 14.4. The minimum absolute atomic E-state index is 0.263. The molecule has 142 valence electrons. The molecule has 0 atom stereocenters. The van der Waals surface area contributed by atoms with Crippen molar-refractivity contribution in [3.8, 4) is 17.1 Å². The van der Waals surface area contributed by atoms with Gasteiger partial charge in [-0.15, -0.1) is 0 Å². The number of aromatic nitrogens is 2. The molecule has 0 bridgehead atoms. The molecular formula is C23H20ClFN2O. The van der Waals surface area contributed by atoms with Gasteiger partial charge in [-0.05, 0) is 49.2 Å². The minimum atomic E-state index is -0.263. The second-order valence-corrected chi connectivity index (χ2v) is 6.95. The van der Waals surface area contributed by atoms with Crippen LogP contribution in [0.5, 0.6) is 5.75 Å². The fraction of sp³-hybridized carbons (Fsp3) is 0.174. The van der Waals surface area contributed by atoms with Crippen molar-refractivity contribution in [1.82, 2.24) is 9.55 Å². The highest BCUT2D eigenvalue weighted by atomic mass is 35.5. The van der Waals surface area contributed by atoms with Crippen LogP contribution in [0.15, 0.2) is 72.8 Å². The Labute approximate surface area is 168 Å². The number of aryl methyl sites for hydroxylation is 1. The maximum absolute atomic E-state index is 14.4. The van der Waals surface area contributed by atoms with Gasteiger partial charge in [-0.25, -0.2) is 9.37 Å². The molecule has 0 aliphatic heterocycles. The van der Waals surface area contributed by atoms with E-state index in [-0.39, 0.29) is 5.82 Å². The van der Waals surface area contributed by atoms with Gasteiger partial charge in [0, 0.05) is 6.54 Å². The average Bonchev–Trinajstić information content (AvgIpc) is 3.08. The van der Waals surface area contributed by atoms with E-state index in [0.29, 0.717) is 28.8 Å². The van der Waals surface area contributed by atoms with Crippen molar-refractivity contribution >= 4 is 22.6 Å². The van der Waals surface area contributed by atoms with Crippen LogP contribution in [0, 0.1) is 5.82 Å². The largest absolute Gasteiger partial charge is 0.492 e. The minimum Gasteiger partial charge on any atom is -0.492 e. The zero-order valence-corrected chi connectivity index (χ0v) is 16.1. The third kappa shape index (κ3) is 3.87. The number of hydrogen-bond donors (Lipinski definition) is 0. The average molecular weight is 395 g/mol. The van der Waals surface area contributed by atoms with Crippen LogP contribution in [0.2, 0.25) is 5.02 Å². The summed E-state index contributed by atoms with van der Waals surface area (Å²) in [7, 11) is 0. The maximum Gasteiger partial charge on any atom is 0.144 e. The van der Waals surface area contributed by atoms with Crippen molar-refractivity contribution in [3.63, 3.8) is 0 Å². The second-order valence-electron chi connectivity index (χ2n) is 6.54. The number of unbranched alkanes of at least 4 members (excludes halogenated alkanes) is 1. The monoisotopic (exact) mass is 394 g/mol. The molecule has 4 aromatic rings. The van der Waals surface area contributed by atoms with E-state index >= 15 is 0 Å². The molecule has 0 amide bonds. The van der Waals surface area contributed by atoms with Crippen molar-refractivity contribution < 1.29 is 9.13 Å². The standard InChI is InChI=1S/C23H20ClFN2O/c24-18-10-2-6-14-22(18)28-16-8-7-15-27-21-13-5-4-12-20(21)26-23(27)17-9-1-3-11-19(17)25/h1-6,9-14H,7-8,15-16H2. The number of imidazole rings is 1. The smallest absolute Gasteiger partial charge is 0.144 e. The number of halogens is 2. The van der Waals surface area contributed by atoms with Crippen LogP contribution in [0.4, 0.5) is 4.39 Å². The number of para-hydroxylation sites is 3.